The molecule has 1 aliphatic carbocycles. The van der Waals surface area contributed by atoms with Gasteiger partial charge in [-0.3, -0.25) is 4.79 Å². The van der Waals surface area contributed by atoms with E-state index >= 15 is 0 Å². The first-order valence-corrected chi connectivity index (χ1v) is 6.28. The van der Waals surface area contributed by atoms with Crippen molar-refractivity contribution in [3.8, 4) is 0 Å². The van der Waals surface area contributed by atoms with Crippen LogP contribution in [0.4, 0.5) is 0 Å². The predicted molar refractivity (Wildman–Crippen MR) is 61.4 cm³/mol. The summed E-state index contributed by atoms with van der Waals surface area (Å²) in [5.41, 5.74) is 0. The van der Waals surface area contributed by atoms with E-state index in [1.165, 1.54) is 32.1 Å². The summed E-state index contributed by atoms with van der Waals surface area (Å²) in [5, 5.41) is 0. The molecule has 0 aromatic carbocycles. The van der Waals surface area contributed by atoms with Crippen LogP contribution in [-0.2, 0) is 9.53 Å². The number of hydrogen-bond donors (Lipinski definition) is 0. The maximum absolute atomic E-state index is 11.3. The molecule has 0 aromatic heterocycles. The third-order valence-corrected chi connectivity index (χ3v) is 3.09. The van der Waals surface area contributed by atoms with Crippen molar-refractivity contribution >= 4 is 5.97 Å². The van der Waals surface area contributed by atoms with E-state index in [4.69, 9.17) is 4.74 Å². The summed E-state index contributed by atoms with van der Waals surface area (Å²) in [6, 6.07) is 0. The van der Waals surface area contributed by atoms with Crippen molar-refractivity contribution in [1.29, 1.82) is 0 Å². The van der Waals surface area contributed by atoms with Gasteiger partial charge in [-0.2, -0.15) is 0 Å². The number of unbranched alkanes of at least 4 members (excludes halogenated alkanes) is 2. The monoisotopic (exact) mass is 211 g/mol. The van der Waals surface area contributed by atoms with Gasteiger partial charge < -0.3 is 4.74 Å². The fourth-order valence-electron chi connectivity index (χ4n) is 2.08. The van der Waals surface area contributed by atoms with E-state index in [1.54, 1.807) is 0 Å². The van der Waals surface area contributed by atoms with Gasteiger partial charge in [-0.1, -0.05) is 39.0 Å². The Kier molecular flexibility index (Phi) is 6.45. The lowest BCUT2D eigenvalue weighted by Gasteiger charge is -2.20. The summed E-state index contributed by atoms with van der Waals surface area (Å²) in [4.78, 5) is 11.3. The predicted octanol–water partition coefficient (Wildman–Crippen LogP) is 3.50. The Balaban J connectivity index is 2.00. The highest BCUT2D eigenvalue weighted by Crippen LogP contribution is 2.23. The quantitative estimate of drug-likeness (QED) is 0.496. The van der Waals surface area contributed by atoms with Gasteiger partial charge in [0.1, 0.15) is 0 Å². The van der Waals surface area contributed by atoms with E-state index in [2.05, 4.69) is 6.92 Å². The first-order chi connectivity index (χ1) is 7.33. The molecule has 87 valence electrons. The average Bonchev–Trinajstić information content (AvgIpc) is 2.28. The molecule has 2 heteroatoms. The van der Waals surface area contributed by atoms with Crippen LogP contribution >= 0.6 is 0 Å². The third-order valence-electron chi connectivity index (χ3n) is 3.09. The van der Waals surface area contributed by atoms with Crippen LogP contribution in [0.5, 0.6) is 0 Å². The standard InChI is InChI=1S/C13H23O2/c1-2-3-5-10-13(14)15-11-12-8-6-4-7-9-12/h12H,1-11H2. The molecule has 0 aromatic rings. The fraction of sp³-hybridized carbons (Fsp3) is 0.846. The van der Waals surface area contributed by atoms with Crippen molar-refractivity contribution in [2.24, 2.45) is 5.92 Å². The molecule has 0 bridgehead atoms. The maximum Gasteiger partial charge on any atom is 0.305 e. The molecule has 0 N–H and O–H groups in total. The highest BCUT2D eigenvalue weighted by molar-refractivity contribution is 5.69. The molecule has 0 saturated heterocycles. The molecule has 0 amide bonds. The van der Waals surface area contributed by atoms with Gasteiger partial charge in [0.05, 0.1) is 6.61 Å². The maximum atomic E-state index is 11.3. The van der Waals surface area contributed by atoms with Gasteiger partial charge in [0, 0.05) is 6.42 Å². The number of carbonyl (C=O) groups excluding carboxylic acids is 1. The van der Waals surface area contributed by atoms with Crippen LogP contribution in [0.15, 0.2) is 0 Å². The average molecular weight is 211 g/mol. The minimum Gasteiger partial charge on any atom is -0.465 e. The summed E-state index contributed by atoms with van der Waals surface area (Å²) in [5.74, 6) is 0.615. The lowest BCUT2D eigenvalue weighted by Crippen LogP contribution is -2.16. The minimum atomic E-state index is -0.0194. The first kappa shape index (κ1) is 12.5. The summed E-state index contributed by atoms with van der Waals surface area (Å²) in [6.07, 6.45) is 9.89. The molecule has 0 unspecified atom stereocenters. The van der Waals surface area contributed by atoms with E-state index in [-0.39, 0.29) is 5.97 Å². The van der Waals surface area contributed by atoms with Crippen molar-refractivity contribution in [2.75, 3.05) is 6.61 Å². The van der Waals surface area contributed by atoms with Crippen LogP contribution in [0, 0.1) is 12.8 Å². The molecule has 0 aliphatic heterocycles. The Morgan fingerprint density at radius 3 is 2.60 bits per heavy atom. The molecule has 2 nitrogen and oxygen atoms in total. The summed E-state index contributed by atoms with van der Waals surface area (Å²) >= 11 is 0. The Bertz CT molecular complexity index is 171. The van der Waals surface area contributed by atoms with Crippen LogP contribution < -0.4 is 0 Å². The summed E-state index contributed by atoms with van der Waals surface area (Å²) < 4.78 is 5.27. The van der Waals surface area contributed by atoms with Gasteiger partial charge in [0.2, 0.25) is 0 Å². The number of ether oxygens (including phenoxy) is 1. The molecule has 1 fully saturated rings. The van der Waals surface area contributed by atoms with Gasteiger partial charge >= 0.3 is 5.97 Å². The van der Waals surface area contributed by atoms with Crippen molar-refractivity contribution < 1.29 is 9.53 Å². The zero-order valence-electron chi connectivity index (χ0n) is 9.67. The normalized spacial score (nSPS) is 17.7. The number of esters is 1. The Morgan fingerprint density at radius 1 is 1.20 bits per heavy atom. The fourth-order valence-corrected chi connectivity index (χ4v) is 2.08. The van der Waals surface area contributed by atoms with E-state index in [9.17, 15) is 4.79 Å². The summed E-state index contributed by atoms with van der Waals surface area (Å²) in [6.45, 7) is 4.41. The van der Waals surface area contributed by atoms with Gasteiger partial charge in [-0.25, -0.2) is 0 Å². The van der Waals surface area contributed by atoms with Gasteiger partial charge in [-0.15, -0.1) is 0 Å². The van der Waals surface area contributed by atoms with E-state index in [0.717, 1.165) is 19.3 Å². The largest absolute Gasteiger partial charge is 0.465 e. The van der Waals surface area contributed by atoms with Crippen molar-refractivity contribution in [3.05, 3.63) is 6.92 Å². The van der Waals surface area contributed by atoms with Crippen LogP contribution in [0.2, 0.25) is 0 Å². The Morgan fingerprint density at radius 2 is 1.93 bits per heavy atom. The molecule has 0 spiro atoms. The summed E-state index contributed by atoms with van der Waals surface area (Å²) in [7, 11) is 0. The highest BCUT2D eigenvalue weighted by Gasteiger charge is 2.15. The lowest BCUT2D eigenvalue weighted by molar-refractivity contribution is -0.145. The second-order valence-electron chi connectivity index (χ2n) is 4.50. The Hall–Kier alpha value is -0.530. The highest BCUT2D eigenvalue weighted by atomic mass is 16.5. The van der Waals surface area contributed by atoms with E-state index in [0.29, 0.717) is 18.9 Å². The Labute approximate surface area is 93.4 Å². The van der Waals surface area contributed by atoms with Crippen LogP contribution in [-0.4, -0.2) is 12.6 Å². The molecule has 1 radical (unpaired) electrons. The third kappa shape index (κ3) is 5.81. The van der Waals surface area contributed by atoms with Gasteiger partial charge in [0.25, 0.3) is 0 Å². The van der Waals surface area contributed by atoms with Crippen LogP contribution in [0.1, 0.15) is 57.8 Å². The van der Waals surface area contributed by atoms with Crippen LogP contribution in [0.3, 0.4) is 0 Å². The molecule has 1 saturated carbocycles. The number of rotatable bonds is 6. The van der Waals surface area contributed by atoms with E-state index in [1.807, 2.05) is 0 Å². The lowest BCUT2D eigenvalue weighted by atomic mass is 9.90. The molecule has 0 atom stereocenters. The zero-order chi connectivity index (χ0) is 10.9. The smallest absolute Gasteiger partial charge is 0.305 e. The topological polar surface area (TPSA) is 26.3 Å². The van der Waals surface area contributed by atoms with Crippen molar-refractivity contribution in [1.82, 2.24) is 0 Å². The number of carbonyl (C=O) groups is 1. The SMILES string of the molecule is [CH2]CCCCC(=O)OCC1CCCCC1. The molecule has 0 heterocycles. The molecular formula is C13H23O2. The minimum absolute atomic E-state index is 0.0194. The van der Waals surface area contributed by atoms with Crippen LogP contribution in [0.25, 0.3) is 0 Å². The van der Waals surface area contributed by atoms with Gasteiger partial charge in [0.15, 0.2) is 0 Å². The first-order valence-electron chi connectivity index (χ1n) is 6.28. The molecular weight excluding hydrogens is 188 g/mol. The second kappa shape index (κ2) is 7.72. The zero-order valence-corrected chi connectivity index (χ0v) is 9.67. The molecule has 1 rings (SSSR count). The van der Waals surface area contributed by atoms with Gasteiger partial charge in [-0.05, 0) is 25.2 Å². The van der Waals surface area contributed by atoms with Crippen molar-refractivity contribution in [2.45, 2.75) is 57.8 Å². The number of hydrogen-bond acceptors (Lipinski definition) is 2. The molecule has 15 heavy (non-hydrogen) atoms. The van der Waals surface area contributed by atoms with Crippen molar-refractivity contribution in [3.63, 3.8) is 0 Å². The second-order valence-corrected chi connectivity index (χ2v) is 4.50. The molecule has 1 aliphatic rings. The van der Waals surface area contributed by atoms with E-state index < -0.39 is 0 Å².